The van der Waals surface area contributed by atoms with Crippen LogP contribution >= 0.6 is 23.2 Å². The normalized spacial score (nSPS) is 10.2. The standard InChI is InChI=1S/C17H16Cl2N2O3/c1-21(2)17(23)10-4-5-15(24-3)14(8-10)20-16(22)11-6-12(18)9-13(19)7-11/h4-9H,1-3H3,(H,20,22). The van der Waals surface area contributed by atoms with E-state index in [0.29, 0.717) is 32.6 Å². The highest BCUT2D eigenvalue weighted by molar-refractivity contribution is 6.35. The number of carbonyl (C=O) groups excluding carboxylic acids is 2. The average Bonchev–Trinajstić information content (AvgIpc) is 2.53. The predicted octanol–water partition coefficient (Wildman–Crippen LogP) is 3.96. The summed E-state index contributed by atoms with van der Waals surface area (Å²) in [6.07, 6.45) is 0. The van der Waals surface area contributed by atoms with Crippen molar-refractivity contribution in [2.75, 3.05) is 26.5 Å². The number of hydrogen-bond donors (Lipinski definition) is 1. The molecule has 2 aromatic carbocycles. The van der Waals surface area contributed by atoms with Gasteiger partial charge >= 0.3 is 0 Å². The molecule has 0 spiro atoms. The molecule has 0 atom stereocenters. The number of benzene rings is 2. The predicted molar refractivity (Wildman–Crippen MR) is 95.4 cm³/mol. The van der Waals surface area contributed by atoms with Crippen molar-refractivity contribution in [1.82, 2.24) is 4.90 Å². The number of methoxy groups -OCH3 is 1. The summed E-state index contributed by atoms with van der Waals surface area (Å²) in [4.78, 5) is 25.9. The molecule has 0 aliphatic carbocycles. The van der Waals surface area contributed by atoms with Crippen LogP contribution in [0.1, 0.15) is 20.7 Å². The van der Waals surface area contributed by atoms with Crippen molar-refractivity contribution in [3.05, 3.63) is 57.6 Å². The number of halogens is 2. The van der Waals surface area contributed by atoms with Crippen LogP contribution in [-0.4, -0.2) is 37.9 Å². The van der Waals surface area contributed by atoms with Crippen LogP contribution < -0.4 is 10.1 Å². The Hall–Kier alpha value is -2.24. The Balaban J connectivity index is 2.34. The second-order valence-electron chi connectivity index (χ2n) is 5.23. The highest BCUT2D eigenvalue weighted by Gasteiger charge is 2.15. The number of ether oxygens (including phenoxy) is 1. The van der Waals surface area contributed by atoms with E-state index < -0.39 is 5.91 Å². The Bertz CT molecular complexity index is 771. The van der Waals surface area contributed by atoms with E-state index >= 15 is 0 Å². The van der Waals surface area contributed by atoms with Crippen LogP contribution in [0.25, 0.3) is 0 Å². The van der Waals surface area contributed by atoms with Crippen LogP contribution in [0.2, 0.25) is 10.0 Å². The number of amides is 2. The first kappa shape index (κ1) is 18.1. The van der Waals surface area contributed by atoms with Crippen molar-refractivity contribution < 1.29 is 14.3 Å². The minimum Gasteiger partial charge on any atom is -0.495 e. The molecule has 0 saturated heterocycles. The van der Waals surface area contributed by atoms with Crippen LogP contribution in [0, 0.1) is 0 Å². The van der Waals surface area contributed by atoms with Crippen LogP contribution in [0.3, 0.4) is 0 Å². The third-order valence-corrected chi connectivity index (χ3v) is 3.66. The monoisotopic (exact) mass is 366 g/mol. The molecule has 2 rings (SSSR count). The Morgan fingerprint density at radius 1 is 1.00 bits per heavy atom. The summed E-state index contributed by atoms with van der Waals surface area (Å²) in [6.45, 7) is 0. The third-order valence-electron chi connectivity index (χ3n) is 3.23. The minimum atomic E-state index is -0.410. The Morgan fingerprint density at radius 3 is 2.17 bits per heavy atom. The van der Waals surface area contributed by atoms with E-state index in [0.717, 1.165) is 0 Å². The number of nitrogens with zero attached hydrogens (tertiary/aromatic N) is 1. The Morgan fingerprint density at radius 2 is 1.62 bits per heavy atom. The molecule has 2 aromatic rings. The summed E-state index contributed by atoms with van der Waals surface area (Å²) in [5.74, 6) is -0.155. The van der Waals surface area contributed by atoms with Gasteiger partial charge in [-0.15, -0.1) is 0 Å². The van der Waals surface area contributed by atoms with Gasteiger partial charge in [0.15, 0.2) is 0 Å². The fourth-order valence-electron chi connectivity index (χ4n) is 2.08. The highest BCUT2D eigenvalue weighted by Crippen LogP contribution is 2.27. The van der Waals surface area contributed by atoms with E-state index in [4.69, 9.17) is 27.9 Å². The molecule has 0 aliphatic rings. The molecular formula is C17H16Cl2N2O3. The lowest BCUT2D eigenvalue weighted by atomic mass is 10.1. The van der Waals surface area contributed by atoms with Gasteiger partial charge in [0.1, 0.15) is 5.75 Å². The van der Waals surface area contributed by atoms with Gasteiger partial charge in [0, 0.05) is 35.3 Å². The van der Waals surface area contributed by atoms with Gasteiger partial charge in [0.05, 0.1) is 12.8 Å². The first-order chi connectivity index (χ1) is 11.3. The molecule has 0 bridgehead atoms. The lowest BCUT2D eigenvalue weighted by molar-refractivity contribution is 0.0827. The number of hydrogen-bond acceptors (Lipinski definition) is 3. The summed E-state index contributed by atoms with van der Waals surface area (Å²) in [5, 5.41) is 3.43. The zero-order valence-corrected chi connectivity index (χ0v) is 14.9. The van der Waals surface area contributed by atoms with Gasteiger partial charge in [0.25, 0.3) is 11.8 Å². The first-order valence-electron chi connectivity index (χ1n) is 6.99. The molecule has 1 N–H and O–H groups in total. The minimum absolute atomic E-state index is 0.182. The second kappa shape index (κ2) is 7.55. The van der Waals surface area contributed by atoms with Gasteiger partial charge < -0.3 is 15.0 Å². The first-order valence-corrected chi connectivity index (χ1v) is 7.74. The van der Waals surface area contributed by atoms with Crippen molar-refractivity contribution in [1.29, 1.82) is 0 Å². The largest absolute Gasteiger partial charge is 0.495 e. The van der Waals surface area contributed by atoms with Gasteiger partial charge in [-0.3, -0.25) is 9.59 Å². The summed E-state index contributed by atoms with van der Waals surface area (Å²) >= 11 is 11.8. The molecule has 2 amide bonds. The number of nitrogens with one attached hydrogen (secondary N) is 1. The fourth-order valence-corrected chi connectivity index (χ4v) is 2.60. The van der Waals surface area contributed by atoms with Crippen molar-refractivity contribution in [3.63, 3.8) is 0 Å². The molecular weight excluding hydrogens is 351 g/mol. The zero-order chi connectivity index (χ0) is 17.9. The molecule has 24 heavy (non-hydrogen) atoms. The molecule has 5 nitrogen and oxygen atoms in total. The van der Waals surface area contributed by atoms with E-state index in [-0.39, 0.29) is 5.91 Å². The van der Waals surface area contributed by atoms with Gasteiger partial charge in [-0.25, -0.2) is 0 Å². The SMILES string of the molecule is COc1ccc(C(=O)N(C)C)cc1NC(=O)c1cc(Cl)cc(Cl)c1. The van der Waals surface area contributed by atoms with E-state index in [1.165, 1.54) is 30.2 Å². The maximum Gasteiger partial charge on any atom is 0.255 e. The molecule has 0 unspecified atom stereocenters. The summed E-state index contributed by atoms with van der Waals surface area (Å²) in [7, 11) is 4.78. The molecule has 0 aliphatic heterocycles. The molecule has 0 aromatic heterocycles. The van der Waals surface area contributed by atoms with E-state index in [1.807, 2.05) is 0 Å². The molecule has 0 heterocycles. The Kier molecular flexibility index (Phi) is 5.70. The van der Waals surface area contributed by atoms with Gasteiger partial charge in [-0.05, 0) is 36.4 Å². The topological polar surface area (TPSA) is 58.6 Å². The van der Waals surface area contributed by atoms with E-state index in [9.17, 15) is 9.59 Å². The van der Waals surface area contributed by atoms with E-state index in [1.54, 1.807) is 32.3 Å². The summed E-state index contributed by atoms with van der Waals surface area (Å²) in [5.41, 5.74) is 1.12. The zero-order valence-electron chi connectivity index (χ0n) is 13.4. The summed E-state index contributed by atoms with van der Waals surface area (Å²) < 4.78 is 5.23. The average molecular weight is 367 g/mol. The van der Waals surface area contributed by atoms with Crippen LogP contribution in [0.15, 0.2) is 36.4 Å². The molecule has 0 radical (unpaired) electrons. The van der Waals surface area contributed by atoms with Gasteiger partial charge in [0.2, 0.25) is 0 Å². The second-order valence-corrected chi connectivity index (χ2v) is 6.10. The van der Waals surface area contributed by atoms with E-state index in [2.05, 4.69) is 5.32 Å². The number of carbonyl (C=O) groups is 2. The molecule has 0 fully saturated rings. The summed E-state index contributed by atoms with van der Waals surface area (Å²) in [6, 6.07) is 9.36. The van der Waals surface area contributed by atoms with Crippen LogP contribution in [-0.2, 0) is 0 Å². The van der Waals surface area contributed by atoms with Crippen LogP contribution in [0.4, 0.5) is 5.69 Å². The van der Waals surface area contributed by atoms with Crippen molar-refractivity contribution in [2.45, 2.75) is 0 Å². The quantitative estimate of drug-likeness (QED) is 0.890. The highest BCUT2D eigenvalue weighted by atomic mass is 35.5. The molecule has 0 saturated carbocycles. The maximum absolute atomic E-state index is 12.4. The molecule has 7 heteroatoms. The number of rotatable bonds is 4. The van der Waals surface area contributed by atoms with Crippen LogP contribution in [0.5, 0.6) is 5.75 Å². The number of anilines is 1. The maximum atomic E-state index is 12.4. The lowest BCUT2D eigenvalue weighted by Gasteiger charge is -2.14. The van der Waals surface area contributed by atoms with Gasteiger partial charge in [-0.2, -0.15) is 0 Å². The Labute approximate surface area is 150 Å². The fraction of sp³-hybridized carbons (Fsp3) is 0.176. The van der Waals surface area contributed by atoms with Crippen molar-refractivity contribution in [3.8, 4) is 5.75 Å². The molecule has 126 valence electrons. The van der Waals surface area contributed by atoms with Crippen molar-refractivity contribution >= 4 is 40.7 Å². The van der Waals surface area contributed by atoms with Crippen molar-refractivity contribution in [2.24, 2.45) is 0 Å². The van der Waals surface area contributed by atoms with Gasteiger partial charge in [-0.1, -0.05) is 23.2 Å². The smallest absolute Gasteiger partial charge is 0.255 e. The third kappa shape index (κ3) is 4.19. The lowest BCUT2D eigenvalue weighted by Crippen LogP contribution is -2.22.